The van der Waals surface area contributed by atoms with Gasteiger partial charge in [-0.05, 0) is 6.07 Å². The van der Waals surface area contributed by atoms with Gasteiger partial charge in [0, 0.05) is 6.07 Å². The van der Waals surface area contributed by atoms with Gasteiger partial charge >= 0.3 is 17.8 Å². The van der Waals surface area contributed by atoms with Crippen molar-refractivity contribution in [1.82, 2.24) is 0 Å². The third-order valence-corrected chi connectivity index (χ3v) is 1.84. The maximum Gasteiger partial charge on any atom is 0.416 e. The summed E-state index contributed by atoms with van der Waals surface area (Å²) in [5, 5.41) is 28.0. The number of nitrogens with zero attached hydrogens (tertiary/aromatic N) is 1. The summed E-state index contributed by atoms with van der Waals surface area (Å²) in [6.45, 7) is 0. The Kier molecular flexibility index (Phi) is 2.94. The summed E-state index contributed by atoms with van der Waals surface area (Å²) >= 11 is 0. The molecule has 0 bridgehead atoms. The highest BCUT2D eigenvalue weighted by Gasteiger charge is 2.35. The second kappa shape index (κ2) is 3.92. The van der Waals surface area contributed by atoms with Crippen LogP contribution in [0.2, 0.25) is 0 Å². The van der Waals surface area contributed by atoms with Gasteiger partial charge in [0.05, 0.1) is 10.5 Å². The van der Waals surface area contributed by atoms with Gasteiger partial charge < -0.3 is 10.2 Å². The Morgan fingerprint density at radius 2 is 1.88 bits per heavy atom. The highest BCUT2D eigenvalue weighted by Crippen LogP contribution is 2.38. The van der Waals surface area contributed by atoms with E-state index in [1.54, 1.807) is 0 Å². The lowest BCUT2D eigenvalue weighted by atomic mass is 10.1. The van der Waals surface area contributed by atoms with Gasteiger partial charge in [-0.1, -0.05) is 0 Å². The molecule has 1 rings (SSSR count). The number of alkyl halides is 3. The van der Waals surface area contributed by atoms with Crippen LogP contribution in [0.5, 0.6) is 5.75 Å². The molecule has 0 amide bonds. The first-order chi connectivity index (χ1) is 7.64. The van der Waals surface area contributed by atoms with Crippen LogP contribution < -0.4 is 0 Å². The molecule has 0 unspecified atom stereocenters. The Morgan fingerprint density at radius 3 is 2.24 bits per heavy atom. The number of aromatic hydroxyl groups is 1. The number of hydrogen-bond acceptors (Lipinski definition) is 4. The number of nitro benzene ring substituents is 1. The number of carboxylic acid groups (broad SMARTS) is 1. The van der Waals surface area contributed by atoms with E-state index < -0.39 is 39.6 Å². The van der Waals surface area contributed by atoms with Crippen LogP contribution >= 0.6 is 0 Å². The van der Waals surface area contributed by atoms with Crippen molar-refractivity contribution in [2.75, 3.05) is 0 Å². The minimum Gasteiger partial charge on any atom is -0.501 e. The van der Waals surface area contributed by atoms with E-state index in [-0.39, 0.29) is 12.1 Å². The molecule has 0 aromatic heterocycles. The lowest BCUT2D eigenvalue weighted by molar-refractivity contribution is -0.386. The van der Waals surface area contributed by atoms with E-state index in [4.69, 9.17) is 10.2 Å². The molecule has 1 aromatic rings. The van der Waals surface area contributed by atoms with Crippen LogP contribution in [0, 0.1) is 10.1 Å². The maximum absolute atomic E-state index is 12.3. The van der Waals surface area contributed by atoms with Crippen LogP contribution in [-0.4, -0.2) is 21.1 Å². The standard InChI is InChI=1S/C8H4F3NO5/c9-8(10,11)3-1-4(7(14)15)6(13)5(2-3)12(16)17/h1-2,13H,(H,14,15). The molecule has 0 saturated heterocycles. The molecule has 0 atom stereocenters. The van der Waals surface area contributed by atoms with Gasteiger partial charge in [-0.3, -0.25) is 10.1 Å². The molecule has 0 radical (unpaired) electrons. The van der Waals surface area contributed by atoms with Crippen molar-refractivity contribution < 1.29 is 33.1 Å². The molecule has 0 aliphatic carbocycles. The number of halogens is 3. The molecule has 92 valence electrons. The number of carbonyl (C=O) groups is 1. The summed E-state index contributed by atoms with van der Waals surface area (Å²) in [7, 11) is 0. The van der Waals surface area contributed by atoms with Crippen LogP contribution in [0.25, 0.3) is 0 Å². The average Bonchev–Trinajstić information content (AvgIpc) is 2.14. The van der Waals surface area contributed by atoms with E-state index >= 15 is 0 Å². The number of nitro groups is 1. The van der Waals surface area contributed by atoms with Crippen molar-refractivity contribution in [3.05, 3.63) is 33.4 Å². The van der Waals surface area contributed by atoms with Gasteiger partial charge in [0.1, 0.15) is 5.56 Å². The van der Waals surface area contributed by atoms with Crippen LogP contribution in [0.1, 0.15) is 15.9 Å². The van der Waals surface area contributed by atoms with E-state index in [1.165, 1.54) is 0 Å². The molecule has 0 aliphatic heterocycles. The van der Waals surface area contributed by atoms with Gasteiger partial charge in [-0.2, -0.15) is 13.2 Å². The van der Waals surface area contributed by atoms with Crippen molar-refractivity contribution >= 4 is 11.7 Å². The predicted molar refractivity (Wildman–Crippen MR) is 46.7 cm³/mol. The minimum atomic E-state index is -4.94. The van der Waals surface area contributed by atoms with Crippen molar-refractivity contribution in [3.63, 3.8) is 0 Å². The first kappa shape index (κ1) is 12.7. The van der Waals surface area contributed by atoms with Crippen molar-refractivity contribution in [2.45, 2.75) is 6.18 Å². The fraction of sp³-hybridized carbons (Fsp3) is 0.125. The summed E-state index contributed by atoms with van der Waals surface area (Å²) in [6.07, 6.45) is -4.94. The Morgan fingerprint density at radius 1 is 1.35 bits per heavy atom. The third-order valence-electron chi connectivity index (χ3n) is 1.84. The SMILES string of the molecule is O=C(O)c1cc(C(F)(F)F)cc([N+](=O)[O-])c1O. The summed E-state index contributed by atoms with van der Waals surface area (Å²) in [5.74, 6) is -3.20. The van der Waals surface area contributed by atoms with E-state index in [2.05, 4.69) is 0 Å². The molecule has 0 aliphatic rings. The maximum atomic E-state index is 12.3. The Bertz CT molecular complexity index is 461. The fourth-order valence-electron chi connectivity index (χ4n) is 1.09. The minimum absolute atomic E-state index is 0.0712. The zero-order chi connectivity index (χ0) is 13.4. The lowest BCUT2D eigenvalue weighted by Gasteiger charge is -2.08. The second-order valence-electron chi connectivity index (χ2n) is 2.95. The number of hydrogen-bond donors (Lipinski definition) is 2. The van der Waals surface area contributed by atoms with Gasteiger partial charge in [0.2, 0.25) is 5.75 Å². The van der Waals surface area contributed by atoms with Crippen molar-refractivity contribution in [1.29, 1.82) is 0 Å². The number of benzene rings is 1. The molecule has 2 N–H and O–H groups in total. The fourth-order valence-corrected chi connectivity index (χ4v) is 1.09. The molecule has 1 aromatic carbocycles. The Balaban J connectivity index is 3.59. The van der Waals surface area contributed by atoms with Crippen molar-refractivity contribution in [3.8, 4) is 5.75 Å². The molecule has 9 heteroatoms. The lowest BCUT2D eigenvalue weighted by Crippen LogP contribution is -2.09. The van der Waals surface area contributed by atoms with Crippen LogP contribution in [0.3, 0.4) is 0 Å². The second-order valence-corrected chi connectivity index (χ2v) is 2.95. The van der Waals surface area contributed by atoms with Crippen LogP contribution in [-0.2, 0) is 6.18 Å². The number of phenols is 1. The first-order valence-electron chi connectivity index (χ1n) is 3.96. The van der Waals surface area contributed by atoms with Gasteiger partial charge in [-0.25, -0.2) is 4.79 Å². The van der Waals surface area contributed by atoms with E-state index in [0.29, 0.717) is 0 Å². The summed E-state index contributed by atoms with van der Waals surface area (Å²) < 4.78 is 36.9. The monoisotopic (exact) mass is 251 g/mol. The number of carboxylic acids is 1. The molecule has 6 nitrogen and oxygen atoms in total. The smallest absolute Gasteiger partial charge is 0.416 e. The molecular weight excluding hydrogens is 247 g/mol. The van der Waals surface area contributed by atoms with Gasteiger partial charge in [-0.15, -0.1) is 0 Å². The molecule has 0 fully saturated rings. The topological polar surface area (TPSA) is 101 Å². The molecule has 0 saturated carbocycles. The molecule has 0 heterocycles. The van der Waals surface area contributed by atoms with Crippen LogP contribution in [0.4, 0.5) is 18.9 Å². The third kappa shape index (κ3) is 2.44. The molecule has 17 heavy (non-hydrogen) atoms. The van der Waals surface area contributed by atoms with Gasteiger partial charge in [0.25, 0.3) is 0 Å². The van der Waals surface area contributed by atoms with Gasteiger partial charge in [0.15, 0.2) is 0 Å². The largest absolute Gasteiger partial charge is 0.501 e. The zero-order valence-corrected chi connectivity index (χ0v) is 7.85. The Hall–Kier alpha value is -2.32. The molecule has 0 spiro atoms. The Labute approximate surface area is 91.1 Å². The quantitative estimate of drug-likeness (QED) is 0.618. The summed E-state index contributed by atoms with van der Waals surface area (Å²) in [5.41, 5.74) is -4.00. The number of aromatic carboxylic acids is 1. The summed E-state index contributed by atoms with van der Waals surface area (Å²) in [6, 6.07) is 0.201. The summed E-state index contributed by atoms with van der Waals surface area (Å²) in [4.78, 5) is 19.6. The van der Waals surface area contributed by atoms with Crippen molar-refractivity contribution in [2.24, 2.45) is 0 Å². The normalized spacial score (nSPS) is 11.2. The average molecular weight is 251 g/mol. The van der Waals surface area contributed by atoms with E-state index in [9.17, 15) is 28.1 Å². The molecular formula is C8H4F3NO5. The van der Waals surface area contributed by atoms with E-state index in [1.807, 2.05) is 0 Å². The zero-order valence-electron chi connectivity index (χ0n) is 7.85. The predicted octanol–water partition coefficient (Wildman–Crippen LogP) is 2.02. The number of rotatable bonds is 2. The first-order valence-corrected chi connectivity index (χ1v) is 3.96. The van der Waals surface area contributed by atoms with Crippen LogP contribution in [0.15, 0.2) is 12.1 Å². The highest BCUT2D eigenvalue weighted by molar-refractivity contribution is 5.92. The van der Waals surface area contributed by atoms with E-state index in [0.717, 1.165) is 0 Å². The highest BCUT2D eigenvalue weighted by atomic mass is 19.4.